The van der Waals surface area contributed by atoms with Crippen molar-refractivity contribution >= 4 is 0 Å². The Hall–Kier alpha value is -0.780. The summed E-state index contributed by atoms with van der Waals surface area (Å²) in [7, 11) is 0. The Morgan fingerprint density at radius 3 is 2.56 bits per heavy atom. The second-order valence-corrected chi connectivity index (χ2v) is 2.62. The van der Waals surface area contributed by atoms with Crippen molar-refractivity contribution in [1.82, 2.24) is 0 Å². The van der Waals surface area contributed by atoms with Gasteiger partial charge < -0.3 is 0 Å². The summed E-state index contributed by atoms with van der Waals surface area (Å²) < 4.78 is 0. The van der Waals surface area contributed by atoms with Crippen molar-refractivity contribution in [2.75, 3.05) is 0 Å². The minimum Gasteiger partial charge on any atom is -0.0992 e. The topological polar surface area (TPSA) is 0 Å². The third kappa shape index (κ3) is 1.32. The van der Waals surface area contributed by atoms with Gasteiger partial charge in [0.2, 0.25) is 0 Å². The van der Waals surface area contributed by atoms with Gasteiger partial charge in [0.1, 0.15) is 0 Å². The standard InChI is InChI=1S/C9H12/c1-7-4-5-8(2)9(3)6-7/h5H,1,3-4,6H2,2H3. The van der Waals surface area contributed by atoms with Crippen LogP contribution < -0.4 is 0 Å². The zero-order valence-corrected chi connectivity index (χ0v) is 5.91. The predicted molar refractivity (Wildman–Crippen MR) is 41.3 cm³/mol. The first-order chi connectivity index (χ1) is 4.20. The Morgan fingerprint density at radius 1 is 1.44 bits per heavy atom. The minimum absolute atomic E-state index is 1.00. The molecular formula is C9H12. The van der Waals surface area contributed by atoms with Crippen molar-refractivity contribution in [2.45, 2.75) is 19.8 Å². The van der Waals surface area contributed by atoms with E-state index in [0.717, 1.165) is 12.8 Å². The van der Waals surface area contributed by atoms with Crippen LogP contribution in [0.3, 0.4) is 0 Å². The smallest absolute Gasteiger partial charge is 0.00701 e. The molecule has 1 aliphatic rings. The Morgan fingerprint density at radius 2 is 2.11 bits per heavy atom. The van der Waals surface area contributed by atoms with Crippen molar-refractivity contribution in [2.24, 2.45) is 0 Å². The second kappa shape index (κ2) is 2.22. The highest BCUT2D eigenvalue weighted by molar-refractivity contribution is 5.35. The minimum atomic E-state index is 1.00. The summed E-state index contributed by atoms with van der Waals surface area (Å²) in [5, 5.41) is 0. The third-order valence-electron chi connectivity index (χ3n) is 1.72. The van der Waals surface area contributed by atoms with E-state index in [1.807, 2.05) is 0 Å². The molecular weight excluding hydrogens is 108 g/mol. The lowest BCUT2D eigenvalue weighted by atomic mass is 9.93. The van der Waals surface area contributed by atoms with Crippen LogP contribution >= 0.6 is 0 Å². The van der Waals surface area contributed by atoms with E-state index in [2.05, 4.69) is 26.2 Å². The maximum Gasteiger partial charge on any atom is -0.00701 e. The van der Waals surface area contributed by atoms with E-state index < -0.39 is 0 Å². The zero-order valence-electron chi connectivity index (χ0n) is 5.91. The summed E-state index contributed by atoms with van der Waals surface area (Å²) in [6.07, 6.45) is 4.24. The number of hydrogen-bond donors (Lipinski definition) is 0. The molecule has 1 rings (SSSR count). The van der Waals surface area contributed by atoms with E-state index in [1.54, 1.807) is 0 Å². The van der Waals surface area contributed by atoms with Crippen LogP contribution in [0.4, 0.5) is 0 Å². The molecule has 0 saturated heterocycles. The molecule has 0 spiro atoms. The molecule has 0 atom stereocenters. The van der Waals surface area contributed by atoms with Crippen LogP contribution in [0.5, 0.6) is 0 Å². The van der Waals surface area contributed by atoms with Gasteiger partial charge in [-0.1, -0.05) is 30.4 Å². The highest BCUT2D eigenvalue weighted by atomic mass is 14.1. The summed E-state index contributed by atoms with van der Waals surface area (Å²) in [5.41, 5.74) is 3.85. The molecule has 1 aliphatic carbocycles. The molecule has 0 radical (unpaired) electrons. The van der Waals surface area contributed by atoms with Crippen LogP contribution in [-0.4, -0.2) is 0 Å². The van der Waals surface area contributed by atoms with E-state index in [4.69, 9.17) is 0 Å². The molecule has 0 bridgehead atoms. The Bertz CT molecular complexity index is 182. The number of hydrogen-bond acceptors (Lipinski definition) is 0. The van der Waals surface area contributed by atoms with Gasteiger partial charge in [-0.3, -0.25) is 0 Å². The molecule has 0 heteroatoms. The molecule has 0 aromatic heterocycles. The van der Waals surface area contributed by atoms with Crippen LogP contribution in [0.2, 0.25) is 0 Å². The molecule has 48 valence electrons. The Labute approximate surface area is 56.6 Å². The number of rotatable bonds is 0. The largest absolute Gasteiger partial charge is 0.0992 e. The lowest BCUT2D eigenvalue weighted by molar-refractivity contribution is 1.01. The molecule has 0 unspecified atom stereocenters. The second-order valence-electron chi connectivity index (χ2n) is 2.62. The normalized spacial score (nSPS) is 19.9. The first-order valence-corrected chi connectivity index (χ1v) is 3.21. The van der Waals surface area contributed by atoms with Crippen LogP contribution in [0.15, 0.2) is 36.0 Å². The van der Waals surface area contributed by atoms with Crippen molar-refractivity contribution in [3.8, 4) is 0 Å². The molecule has 0 fully saturated rings. The van der Waals surface area contributed by atoms with Gasteiger partial charge in [0.05, 0.1) is 0 Å². The van der Waals surface area contributed by atoms with Gasteiger partial charge >= 0.3 is 0 Å². The van der Waals surface area contributed by atoms with Crippen molar-refractivity contribution in [1.29, 1.82) is 0 Å². The SMILES string of the molecule is C=C1CC=C(C)C(=C)C1. The summed E-state index contributed by atoms with van der Waals surface area (Å²) in [6.45, 7) is 9.92. The molecule has 0 amide bonds. The quantitative estimate of drug-likeness (QED) is 0.431. The Balaban J connectivity index is 2.79. The molecule has 0 N–H and O–H groups in total. The Kier molecular flexibility index (Phi) is 1.56. The van der Waals surface area contributed by atoms with Crippen LogP contribution in [0, 0.1) is 0 Å². The van der Waals surface area contributed by atoms with E-state index in [9.17, 15) is 0 Å². The lowest BCUT2D eigenvalue weighted by Gasteiger charge is -2.13. The monoisotopic (exact) mass is 120 g/mol. The summed E-state index contributed by atoms with van der Waals surface area (Å²) in [4.78, 5) is 0. The summed E-state index contributed by atoms with van der Waals surface area (Å²) in [6, 6.07) is 0. The fourth-order valence-corrected chi connectivity index (χ4v) is 0.955. The average molecular weight is 120 g/mol. The van der Waals surface area contributed by atoms with Crippen molar-refractivity contribution in [3.05, 3.63) is 36.0 Å². The van der Waals surface area contributed by atoms with Crippen LogP contribution in [-0.2, 0) is 0 Å². The summed E-state index contributed by atoms with van der Waals surface area (Å²) in [5.74, 6) is 0. The maximum absolute atomic E-state index is 3.92. The van der Waals surface area contributed by atoms with Gasteiger partial charge in [0.25, 0.3) is 0 Å². The zero-order chi connectivity index (χ0) is 6.85. The van der Waals surface area contributed by atoms with E-state index in [1.165, 1.54) is 16.7 Å². The van der Waals surface area contributed by atoms with Crippen LogP contribution in [0.25, 0.3) is 0 Å². The molecule has 0 aliphatic heterocycles. The molecule has 0 nitrogen and oxygen atoms in total. The van der Waals surface area contributed by atoms with Gasteiger partial charge in [0, 0.05) is 0 Å². The van der Waals surface area contributed by atoms with Gasteiger partial charge in [-0.2, -0.15) is 0 Å². The highest BCUT2D eigenvalue weighted by Gasteiger charge is 2.04. The van der Waals surface area contributed by atoms with Gasteiger partial charge in [-0.25, -0.2) is 0 Å². The first-order valence-electron chi connectivity index (χ1n) is 3.21. The molecule has 0 saturated carbocycles. The lowest BCUT2D eigenvalue weighted by Crippen LogP contribution is -1.93. The summed E-state index contributed by atoms with van der Waals surface area (Å²) >= 11 is 0. The van der Waals surface area contributed by atoms with E-state index >= 15 is 0 Å². The predicted octanol–water partition coefficient (Wildman–Crippen LogP) is 2.84. The van der Waals surface area contributed by atoms with Gasteiger partial charge in [0.15, 0.2) is 0 Å². The van der Waals surface area contributed by atoms with Crippen molar-refractivity contribution in [3.63, 3.8) is 0 Å². The van der Waals surface area contributed by atoms with Crippen molar-refractivity contribution < 1.29 is 0 Å². The maximum atomic E-state index is 3.92. The molecule has 9 heavy (non-hydrogen) atoms. The first kappa shape index (κ1) is 6.34. The highest BCUT2D eigenvalue weighted by Crippen LogP contribution is 2.24. The van der Waals surface area contributed by atoms with E-state index in [-0.39, 0.29) is 0 Å². The number of allylic oxidation sites excluding steroid dienone is 4. The fourth-order valence-electron chi connectivity index (χ4n) is 0.955. The average Bonchev–Trinajstić information content (AvgIpc) is 1.80. The van der Waals surface area contributed by atoms with Gasteiger partial charge in [-0.15, -0.1) is 0 Å². The van der Waals surface area contributed by atoms with Gasteiger partial charge in [-0.05, 0) is 25.3 Å². The fraction of sp³-hybridized carbons (Fsp3) is 0.333. The molecule has 0 aromatic carbocycles. The van der Waals surface area contributed by atoms with Crippen LogP contribution in [0.1, 0.15) is 19.8 Å². The third-order valence-corrected chi connectivity index (χ3v) is 1.72. The molecule has 0 heterocycles. The van der Waals surface area contributed by atoms with E-state index in [0.29, 0.717) is 0 Å². The molecule has 0 aromatic rings.